The molecule has 1 aliphatic heterocycles. The van der Waals surface area contributed by atoms with Gasteiger partial charge in [-0.15, -0.1) is 0 Å². The Kier molecular flexibility index (Phi) is 6.70. The summed E-state index contributed by atoms with van der Waals surface area (Å²) in [6.45, 7) is 1.18. The lowest BCUT2D eigenvalue weighted by Crippen LogP contribution is -2.46. The van der Waals surface area contributed by atoms with E-state index in [1.807, 2.05) is 60.7 Å². The molecule has 1 fully saturated rings. The van der Waals surface area contributed by atoms with Crippen molar-refractivity contribution in [1.29, 1.82) is 0 Å². The van der Waals surface area contributed by atoms with Gasteiger partial charge in [0.05, 0.1) is 18.9 Å². The topological polar surface area (TPSA) is 71.8 Å². The van der Waals surface area contributed by atoms with Crippen LogP contribution < -0.4 is 10.1 Å². The lowest BCUT2D eigenvalue weighted by Gasteiger charge is -2.32. The second-order valence-corrected chi connectivity index (χ2v) is 7.72. The minimum atomic E-state index is -0.137. The Morgan fingerprint density at radius 1 is 1.00 bits per heavy atom. The highest BCUT2D eigenvalue weighted by molar-refractivity contribution is 6.24. The number of benzene rings is 2. The third-order valence-corrected chi connectivity index (χ3v) is 5.65. The fourth-order valence-electron chi connectivity index (χ4n) is 3.90. The number of carbonyl (C=O) groups excluding carboxylic acids is 2. The van der Waals surface area contributed by atoms with Crippen LogP contribution in [-0.2, 0) is 4.79 Å². The Morgan fingerprint density at radius 3 is 2.41 bits per heavy atom. The summed E-state index contributed by atoms with van der Waals surface area (Å²) < 4.78 is 10.5. The smallest absolute Gasteiger partial charge is 0.257 e. The first-order valence-electron chi connectivity index (χ1n) is 10.7. The summed E-state index contributed by atoms with van der Waals surface area (Å²) in [7, 11) is 1.62. The maximum atomic E-state index is 13.3. The van der Waals surface area contributed by atoms with Gasteiger partial charge in [-0.05, 0) is 36.6 Å². The maximum Gasteiger partial charge on any atom is 0.257 e. The fraction of sp³-hybridized carbons (Fsp3) is 0.231. The van der Waals surface area contributed by atoms with Crippen molar-refractivity contribution in [2.75, 3.05) is 20.2 Å². The van der Waals surface area contributed by atoms with Crippen LogP contribution in [0, 0.1) is 0 Å². The normalized spacial score (nSPS) is 14.8. The van der Waals surface area contributed by atoms with E-state index in [0.29, 0.717) is 42.8 Å². The van der Waals surface area contributed by atoms with E-state index in [9.17, 15) is 9.59 Å². The van der Waals surface area contributed by atoms with E-state index in [1.165, 1.54) is 12.5 Å². The molecule has 6 heteroatoms. The van der Waals surface area contributed by atoms with Crippen LogP contribution in [0.1, 0.15) is 34.3 Å². The van der Waals surface area contributed by atoms with Gasteiger partial charge in [-0.25, -0.2) is 0 Å². The predicted octanol–water partition coefficient (Wildman–Crippen LogP) is 4.25. The lowest BCUT2D eigenvalue weighted by atomic mass is 9.99. The number of amides is 2. The molecule has 6 nitrogen and oxygen atoms in total. The number of likely N-dealkylation sites (tertiary alicyclic amines) is 1. The first-order valence-corrected chi connectivity index (χ1v) is 10.7. The Balaban J connectivity index is 1.48. The molecule has 0 aliphatic carbocycles. The summed E-state index contributed by atoms with van der Waals surface area (Å²) in [4.78, 5) is 27.6. The van der Waals surface area contributed by atoms with Crippen LogP contribution in [0.3, 0.4) is 0 Å². The van der Waals surface area contributed by atoms with Crippen LogP contribution in [-0.4, -0.2) is 43.0 Å². The molecule has 1 aliphatic rings. The number of carbonyl (C=O) groups is 2. The van der Waals surface area contributed by atoms with Gasteiger partial charge in [-0.3, -0.25) is 9.59 Å². The van der Waals surface area contributed by atoms with Crippen molar-refractivity contribution in [1.82, 2.24) is 10.2 Å². The van der Waals surface area contributed by atoms with E-state index in [1.54, 1.807) is 18.1 Å². The van der Waals surface area contributed by atoms with Gasteiger partial charge in [0.2, 0.25) is 0 Å². The number of piperidine rings is 1. The van der Waals surface area contributed by atoms with Crippen molar-refractivity contribution in [3.8, 4) is 5.75 Å². The molecule has 4 rings (SSSR count). The number of rotatable bonds is 6. The van der Waals surface area contributed by atoms with Gasteiger partial charge >= 0.3 is 0 Å². The second kappa shape index (κ2) is 10.0. The molecule has 0 radical (unpaired) electrons. The highest BCUT2D eigenvalue weighted by Gasteiger charge is 2.26. The second-order valence-electron chi connectivity index (χ2n) is 7.72. The van der Waals surface area contributed by atoms with E-state index < -0.39 is 0 Å². The van der Waals surface area contributed by atoms with E-state index in [0.717, 1.165) is 11.1 Å². The van der Waals surface area contributed by atoms with Crippen molar-refractivity contribution in [2.24, 2.45) is 0 Å². The molecule has 164 valence electrons. The molecule has 1 saturated heterocycles. The van der Waals surface area contributed by atoms with Gasteiger partial charge in [-0.2, -0.15) is 0 Å². The van der Waals surface area contributed by atoms with Gasteiger partial charge in [0.15, 0.2) is 0 Å². The van der Waals surface area contributed by atoms with Crippen molar-refractivity contribution < 1.29 is 18.7 Å². The van der Waals surface area contributed by atoms with Crippen LogP contribution >= 0.6 is 0 Å². The zero-order chi connectivity index (χ0) is 22.3. The Labute approximate surface area is 187 Å². The molecule has 0 spiro atoms. The minimum absolute atomic E-state index is 0.000630. The molecule has 1 aromatic heterocycles. The average molecular weight is 431 g/mol. The first-order chi connectivity index (χ1) is 15.7. The summed E-state index contributed by atoms with van der Waals surface area (Å²) in [6.07, 6.45) is 6.23. The van der Waals surface area contributed by atoms with Crippen LogP contribution in [0.4, 0.5) is 0 Å². The van der Waals surface area contributed by atoms with Crippen molar-refractivity contribution in [2.45, 2.75) is 18.9 Å². The molecule has 2 aromatic carbocycles. The van der Waals surface area contributed by atoms with Gasteiger partial charge in [0.25, 0.3) is 11.8 Å². The number of nitrogens with one attached hydrogen (secondary N) is 1. The Bertz CT molecular complexity index is 1080. The van der Waals surface area contributed by atoms with Crippen LogP contribution in [0.25, 0.3) is 11.6 Å². The molecule has 0 saturated carbocycles. The monoisotopic (exact) mass is 430 g/mol. The summed E-state index contributed by atoms with van der Waals surface area (Å²) in [6, 6.07) is 18.9. The largest absolute Gasteiger partial charge is 0.496 e. The molecule has 3 aromatic rings. The number of hydrogen-bond donors (Lipinski definition) is 1. The van der Waals surface area contributed by atoms with Gasteiger partial charge < -0.3 is 19.4 Å². The maximum absolute atomic E-state index is 13.3. The molecule has 0 atom stereocenters. The Hall–Kier alpha value is -3.80. The molecule has 0 unspecified atom stereocenters. The molecular formula is C26H26N2O4. The molecule has 1 N–H and O–H groups in total. The van der Waals surface area contributed by atoms with E-state index in [-0.39, 0.29) is 17.9 Å². The summed E-state index contributed by atoms with van der Waals surface area (Å²) in [5, 5.41) is 3.16. The number of methoxy groups -OCH3 is 1. The van der Waals surface area contributed by atoms with Crippen molar-refractivity contribution >= 4 is 23.5 Å². The summed E-state index contributed by atoms with van der Waals surface area (Å²) in [5.74, 6) is 0.533. The number of para-hydroxylation sites is 1. The average Bonchev–Trinajstić information content (AvgIpc) is 3.38. The van der Waals surface area contributed by atoms with Crippen LogP contribution in [0.15, 0.2) is 77.6 Å². The van der Waals surface area contributed by atoms with Gasteiger partial charge in [0, 0.05) is 30.3 Å². The summed E-state index contributed by atoms with van der Waals surface area (Å²) >= 11 is 0. The molecule has 2 amide bonds. The quantitative estimate of drug-likeness (QED) is 0.469. The van der Waals surface area contributed by atoms with Crippen LogP contribution in [0.5, 0.6) is 5.75 Å². The first kappa shape index (κ1) is 21.4. The fourth-order valence-corrected chi connectivity index (χ4v) is 3.90. The van der Waals surface area contributed by atoms with E-state index in [4.69, 9.17) is 9.15 Å². The number of nitrogens with zero attached hydrogens (tertiary/aromatic N) is 1. The molecule has 32 heavy (non-hydrogen) atoms. The highest BCUT2D eigenvalue weighted by atomic mass is 16.5. The molecular weight excluding hydrogens is 404 g/mol. The van der Waals surface area contributed by atoms with Crippen molar-refractivity contribution in [3.63, 3.8) is 0 Å². The highest BCUT2D eigenvalue weighted by Crippen LogP contribution is 2.25. The third kappa shape index (κ3) is 4.91. The zero-order valence-corrected chi connectivity index (χ0v) is 18.0. The van der Waals surface area contributed by atoms with E-state index in [2.05, 4.69) is 5.32 Å². The minimum Gasteiger partial charge on any atom is -0.496 e. The predicted molar refractivity (Wildman–Crippen MR) is 123 cm³/mol. The standard InChI is InChI=1S/C26H26N2O4/c1-31-24-10-6-5-9-20(24)17-23(19-7-3-2-4-8-19)25(29)27-22-11-14-28(15-12-22)26(30)21-13-16-32-18-21/h2-10,13,16-18,22H,11-12,14-15H2,1H3,(H,27,29)/b23-17+. The molecule has 0 bridgehead atoms. The summed E-state index contributed by atoms with van der Waals surface area (Å²) in [5.41, 5.74) is 2.80. The molecule has 2 heterocycles. The third-order valence-electron chi connectivity index (χ3n) is 5.65. The van der Waals surface area contributed by atoms with E-state index >= 15 is 0 Å². The van der Waals surface area contributed by atoms with Gasteiger partial charge in [0.1, 0.15) is 12.0 Å². The lowest BCUT2D eigenvalue weighted by molar-refractivity contribution is -0.116. The number of furan rings is 1. The van der Waals surface area contributed by atoms with Crippen molar-refractivity contribution in [3.05, 3.63) is 89.9 Å². The zero-order valence-electron chi connectivity index (χ0n) is 18.0. The Morgan fingerprint density at radius 2 is 1.72 bits per heavy atom. The number of hydrogen-bond acceptors (Lipinski definition) is 4. The number of ether oxygens (including phenoxy) is 1. The van der Waals surface area contributed by atoms with Gasteiger partial charge in [-0.1, -0.05) is 48.5 Å². The van der Waals surface area contributed by atoms with Crippen LogP contribution in [0.2, 0.25) is 0 Å². The SMILES string of the molecule is COc1ccccc1/C=C(/C(=O)NC1CCN(C(=O)c2ccoc2)CC1)c1ccccc1.